The Morgan fingerprint density at radius 3 is 2.65 bits per heavy atom. The zero-order valence-electron chi connectivity index (χ0n) is 10.6. The number of thioether (sulfide) groups is 1. The zero-order valence-corrected chi connectivity index (χ0v) is 11.4. The van der Waals surface area contributed by atoms with Gasteiger partial charge in [0.1, 0.15) is 5.82 Å². The van der Waals surface area contributed by atoms with E-state index in [1.54, 1.807) is 13.1 Å². The van der Waals surface area contributed by atoms with E-state index >= 15 is 0 Å². The summed E-state index contributed by atoms with van der Waals surface area (Å²) < 4.78 is 0. The van der Waals surface area contributed by atoms with E-state index in [-0.39, 0.29) is 0 Å². The Balaban J connectivity index is 2.27. The van der Waals surface area contributed by atoms with Crippen LogP contribution in [0, 0.1) is 0 Å². The molecule has 3 unspecified atom stereocenters. The van der Waals surface area contributed by atoms with Crippen LogP contribution in [-0.4, -0.2) is 33.7 Å². The number of aliphatic hydroxyl groups is 1. The standard InChI is InChI=1S/C13H20N2OS/c1-9-7-15(8-10(2)17-9)13-12(11(3)16)5-4-6-14-13/h4-6,9-11,16H,7-8H2,1-3H3. The Kier molecular flexibility index (Phi) is 3.94. The lowest BCUT2D eigenvalue weighted by atomic mass is 10.1. The summed E-state index contributed by atoms with van der Waals surface area (Å²) in [4.78, 5) is 6.75. The van der Waals surface area contributed by atoms with Crippen molar-refractivity contribution in [2.75, 3.05) is 18.0 Å². The van der Waals surface area contributed by atoms with Gasteiger partial charge < -0.3 is 10.0 Å². The first-order chi connectivity index (χ1) is 8.08. The second-order valence-electron chi connectivity index (χ2n) is 4.75. The molecule has 1 aromatic rings. The van der Waals surface area contributed by atoms with Crippen LogP contribution in [0.4, 0.5) is 5.82 Å². The Labute approximate surface area is 107 Å². The molecule has 0 amide bonds. The van der Waals surface area contributed by atoms with Crippen LogP contribution in [-0.2, 0) is 0 Å². The number of hydrogen-bond donors (Lipinski definition) is 1. The minimum absolute atomic E-state index is 0.459. The smallest absolute Gasteiger partial charge is 0.134 e. The van der Waals surface area contributed by atoms with Crippen LogP contribution in [0.5, 0.6) is 0 Å². The highest BCUT2D eigenvalue weighted by molar-refractivity contribution is 8.00. The first-order valence-electron chi connectivity index (χ1n) is 6.11. The highest BCUT2D eigenvalue weighted by atomic mass is 32.2. The highest BCUT2D eigenvalue weighted by Gasteiger charge is 2.25. The SMILES string of the molecule is CC1CN(c2ncccc2C(C)O)CC(C)S1. The minimum atomic E-state index is -0.459. The molecule has 2 heterocycles. The molecule has 0 saturated carbocycles. The quantitative estimate of drug-likeness (QED) is 0.877. The van der Waals surface area contributed by atoms with Gasteiger partial charge in [0.15, 0.2) is 0 Å². The van der Waals surface area contributed by atoms with Crippen LogP contribution in [0.2, 0.25) is 0 Å². The van der Waals surface area contributed by atoms with Gasteiger partial charge in [0.05, 0.1) is 6.10 Å². The van der Waals surface area contributed by atoms with Crippen molar-refractivity contribution in [2.45, 2.75) is 37.4 Å². The number of nitrogens with zero attached hydrogens (tertiary/aromatic N) is 2. The number of aliphatic hydroxyl groups excluding tert-OH is 1. The van der Waals surface area contributed by atoms with Crippen molar-refractivity contribution < 1.29 is 5.11 Å². The molecule has 94 valence electrons. The Hall–Kier alpha value is -0.740. The van der Waals surface area contributed by atoms with Crippen molar-refractivity contribution in [3.63, 3.8) is 0 Å². The van der Waals surface area contributed by atoms with Crippen LogP contribution < -0.4 is 4.90 Å². The topological polar surface area (TPSA) is 36.4 Å². The van der Waals surface area contributed by atoms with E-state index in [2.05, 4.69) is 23.7 Å². The van der Waals surface area contributed by atoms with E-state index in [0.29, 0.717) is 10.5 Å². The Morgan fingerprint density at radius 1 is 1.41 bits per heavy atom. The fourth-order valence-electron chi connectivity index (χ4n) is 2.35. The summed E-state index contributed by atoms with van der Waals surface area (Å²) >= 11 is 2.02. The van der Waals surface area contributed by atoms with Gasteiger partial charge in [-0.15, -0.1) is 0 Å². The molecule has 0 spiro atoms. The number of anilines is 1. The van der Waals surface area contributed by atoms with Crippen molar-refractivity contribution in [3.05, 3.63) is 23.9 Å². The normalized spacial score (nSPS) is 26.9. The molecule has 0 radical (unpaired) electrons. The maximum absolute atomic E-state index is 9.80. The highest BCUT2D eigenvalue weighted by Crippen LogP contribution is 2.31. The summed E-state index contributed by atoms with van der Waals surface area (Å²) in [6.07, 6.45) is 1.34. The van der Waals surface area contributed by atoms with E-state index in [0.717, 1.165) is 24.5 Å². The van der Waals surface area contributed by atoms with Crippen molar-refractivity contribution >= 4 is 17.6 Å². The van der Waals surface area contributed by atoms with Crippen molar-refractivity contribution in [2.24, 2.45) is 0 Å². The molecule has 1 aliphatic heterocycles. The molecular formula is C13H20N2OS. The molecule has 1 fully saturated rings. The van der Waals surface area contributed by atoms with E-state index in [4.69, 9.17) is 0 Å². The molecule has 1 aliphatic rings. The van der Waals surface area contributed by atoms with Gasteiger partial charge in [-0.3, -0.25) is 0 Å². The molecule has 3 nitrogen and oxygen atoms in total. The second kappa shape index (κ2) is 5.27. The van der Waals surface area contributed by atoms with Gasteiger partial charge in [-0.2, -0.15) is 11.8 Å². The van der Waals surface area contributed by atoms with Crippen LogP contribution in [0.15, 0.2) is 18.3 Å². The summed E-state index contributed by atoms with van der Waals surface area (Å²) in [6.45, 7) is 8.31. The molecule has 0 aliphatic carbocycles. The molecule has 0 aromatic carbocycles. The third-order valence-corrected chi connectivity index (χ3v) is 4.21. The van der Waals surface area contributed by atoms with E-state index < -0.39 is 6.10 Å². The first kappa shape index (κ1) is 12.7. The lowest BCUT2D eigenvalue weighted by Gasteiger charge is -2.36. The fraction of sp³-hybridized carbons (Fsp3) is 0.615. The van der Waals surface area contributed by atoms with Crippen molar-refractivity contribution in [1.82, 2.24) is 4.98 Å². The maximum Gasteiger partial charge on any atom is 0.134 e. The summed E-state index contributed by atoms with van der Waals surface area (Å²) in [5.74, 6) is 0.946. The van der Waals surface area contributed by atoms with Crippen molar-refractivity contribution in [3.8, 4) is 0 Å². The average molecular weight is 252 g/mol. The van der Waals surface area contributed by atoms with Gasteiger partial charge in [-0.1, -0.05) is 19.9 Å². The predicted octanol–water partition coefficient (Wildman–Crippen LogP) is 2.47. The van der Waals surface area contributed by atoms with E-state index in [9.17, 15) is 5.11 Å². The first-order valence-corrected chi connectivity index (χ1v) is 7.05. The third kappa shape index (κ3) is 2.93. The molecular weight excluding hydrogens is 232 g/mol. The summed E-state index contributed by atoms with van der Waals surface area (Å²) in [5.41, 5.74) is 0.929. The monoisotopic (exact) mass is 252 g/mol. The zero-order chi connectivity index (χ0) is 12.4. The second-order valence-corrected chi connectivity index (χ2v) is 6.64. The number of hydrogen-bond acceptors (Lipinski definition) is 4. The molecule has 1 aromatic heterocycles. The van der Waals surface area contributed by atoms with Gasteiger partial charge in [0.25, 0.3) is 0 Å². The molecule has 1 N–H and O–H groups in total. The Morgan fingerprint density at radius 2 is 2.06 bits per heavy atom. The lowest BCUT2D eigenvalue weighted by Crippen LogP contribution is -2.41. The van der Waals surface area contributed by atoms with Crippen LogP contribution >= 0.6 is 11.8 Å². The largest absolute Gasteiger partial charge is 0.389 e. The van der Waals surface area contributed by atoms with Gasteiger partial charge in [0, 0.05) is 35.3 Å². The van der Waals surface area contributed by atoms with Crippen LogP contribution in [0.25, 0.3) is 0 Å². The number of pyridine rings is 1. The average Bonchev–Trinajstić information content (AvgIpc) is 2.27. The molecule has 3 atom stereocenters. The fourth-order valence-corrected chi connectivity index (χ4v) is 3.68. The van der Waals surface area contributed by atoms with Crippen molar-refractivity contribution in [1.29, 1.82) is 0 Å². The van der Waals surface area contributed by atoms with Crippen LogP contribution in [0.3, 0.4) is 0 Å². The molecule has 2 rings (SSSR count). The maximum atomic E-state index is 9.80. The van der Waals surface area contributed by atoms with Gasteiger partial charge in [-0.05, 0) is 13.0 Å². The van der Waals surface area contributed by atoms with Gasteiger partial charge >= 0.3 is 0 Å². The van der Waals surface area contributed by atoms with E-state index in [1.165, 1.54) is 0 Å². The summed E-state index contributed by atoms with van der Waals surface area (Å²) in [5, 5.41) is 11.0. The summed E-state index contributed by atoms with van der Waals surface area (Å²) in [7, 11) is 0. The van der Waals surface area contributed by atoms with Crippen LogP contribution in [0.1, 0.15) is 32.4 Å². The lowest BCUT2D eigenvalue weighted by molar-refractivity contribution is 0.199. The third-order valence-electron chi connectivity index (χ3n) is 2.99. The molecule has 17 heavy (non-hydrogen) atoms. The molecule has 1 saturated heterocycles. The number of aromatic nitrogens is 1. The minimum Gasteiger partial charge on any atom is -0.389 e. The predicted molar refractivity (Wildman–Crippen MR) is 73.6 cm³/mol. The number of rotatable bonds is 2. The Bertz CT molecular complexity index is 373. The molecule has 0 bridgehead atoms. The van der Waals surface area contributed by atoms with Gasteiger partial charge in [-0.25, -0.2) is 4.98 Å². The summed E-state index contributed by atoms with van der Waals surface area (Å²) in [6, 6.07) is 3.85. The van der Waals surface area contributed by atoms with Gasteiger partial charge in [0.2, 0.25) is 0 Å². The van der Waals surface area contributed by atoms with E-state index in [1.807, 2.05) is 23.9 Å². The molecule has 4 heteroatoms.